The van der Waals surface area contributed by atoms with Crippen molar-refractivity contribution in [2.75, 3.05) is 5.73 Å². The van der Waals surface area contributed by atoms with Crippen LogP contribution in [-0.4, -0.2) is 9.55 Å². The molecule has 0 aliphatic carbocycles. The van der Waals surface area contributed by atoms with Gasteiger partial charge < -0.3 is 10.3 Å². The molecule has 1 heterocycles. The highest BCUT2D eigenvalue weighted by Crippen LogP contribution is 2.17. The Balaban J connectivity index is 2.08. The molecule has 0 bridgehead atoms. The summed E-state index contributed by atoms with van der Waals surface area (Å²) in [7, 11) is 1.92. The Hall–Kier alpha value is -1.48. The van der Waals surface area contributed by atoms with Crippen molar-refractivity contribution in [3.8, 4) is 0 Å². The second-order valence-electron chi connectivity index (χ2n) is 3.76. The molecule has 0 radical (unpaired) electrons. The first kappa shape index (κ1) is 11.0. The summed E-state index contributed by atoms with van der Waals surface area (Å²) < 4.78 is 1.90. The Morgan fingerprint density at radius 3 is 2.69 bits per heavy atom. The summed E-state index contributed by atoms with van der Waals surface area (Å²) >= 11 is 6.09. The highest BCUT2D eigenvalue weighted by Gasteiger charge is 2.05. The Morgan fingerprint density at radius 1 is 1.31 bits per heavy atom. The summed E-state index contributed by atoms with van der Waals surface area (Å²) in [5.41, 5.74) is 7.94. The number of aryl methyl sites for hydroxylation is 2. The van der Waals surface area contributed by atoms with Crippen LogP contribution in [0.1, 0.15) is 11.3 Å². The van der Waals surface area contributed by atoms with Crippen molar-refractivity contribution in [3.05, 3.63) is 46.7 Å². The van der Waals surface area contributed by atoms with Gasteiger partial charge in [0.05, 0.1) is 6.20 Å². The average molecular weight is 236 g/mol. The molecule has 16 heavy (non-hydrogen) atoms. The second-order valence-corrected chi connectivity index (χ2v) is 4.17. The molecule has 2 aromatic rings. The Labute approximate surface area is 99.9 Å². The maximum Gasteiger partial charge on any atom is 0.200 e. The van der Waals surface area contributed by atoms with Crippen LogP contribution in [0.5, 0.6) is 0 Å². The van der Waals surface area contributed by atoms with Crippen LogP contribution in [-0.2, 0) is 19.9 Å². The number of halogens is 1. The van der Waals surface area contributed by atoms with Crippen molar-refractivity contribution >= 4 is 17.5 Å². The molecule has 0 saturated heterocycles. The van der Waals surface area contributed by atoms with Crippen LogP contribution in [0.4, 0.5) is 5.95 Å². The van der Waals surface area contributed by atoms with Gasteiger partial charge in [0.1, 0.15) is 0 Å². The summed E-state index contributed by atoms with van der Waals surface area (Å²) in [6, 6.07) is 7.89. The molecule has 0 unspecified atom stereocenters. The lowest BCUT2D eigenvalue weighted by molar-refractivity contribution is 0.807. The molecule has 0 aliphatic rings. The second kappa shape index (κ2) is 4.58. The monoisotopic (exact) mass is 235 g/mol. The molecule has 84 valence electrons. The topological polar surface area (TPSA) is 43.8 Å². The van der Waals surface area contributed by atoms with E-state index in [1.807, 2.05) is 42.1 Å². The van der Waals surface area contributed by atoms with Crippen molar-refractivity contribution in [2.45, 2.75) is 12.8 Å². The number of nitrogens with two attached hydrogens (primary N) is 1. The van der Waals surface area contributed by atoms with E-state index in [0.29, 0.717) is 5.95 Å². The van der Waals surface area contributed by atoms with Crippen LogP contribution in [0.25, 0.3) is 0 Å². The lowest BCUT2D eigenvalue weighted by Crippen LogP contribution is -2.02. The minimum absolute atomic E-state index is 0.550. The van der Waals surface area contributed by atoms with E-state index in [1.165, 1.54) is 0 Å². The smallest absolute Gasteiger partial charge is 0.200 e. The van der Waals surface area contributed by atoms with Gasteiger partial charge in [-0.15, -0.1) is 0 Å². The van der Waals surface area contributed by atoms with Crippen molar-refractivity contribution < 1.29 is 0 Å². The van der Waals surface area contributed by atoms with Gasteiger partial charge in [0.15, 0.2) is 5.95 Å². The van der Waals surface area contributed by atoms with Gasteiger partial charge in [0, 0.05) is 17.8 Å². The first-order chi connectivity index (χ1) is 7.68. The number of rotatable bonds is 3. The molecule has 3 nitrogen and oxygen atoms in total. The zero-order valence-electron chi connectivity index (χ0n) is 9.15. The van der Waals surface area contributed by atoms with Gasteiger partial charge in [0.2, 0.25) is 0 Å². The summed E-state index contributed by atoms with van der Waals surface area (Å²) in [5.74, 6) is 0.550. The van der Waals surface area contributed by atoms with Crippen LogP contribution >= 0.6 is 11.6 Å². The summed E-state index contributed by atoms with van der Waals surface area (Å²) in [4.78, 5) is 4.06. The lowest BCUT2D eigenvalue weighted by Gasteiger charge is -2.05. The highest BCUT2D eigenvalue weighted by atomic mass is 35.5. The molecule has 1 aromatic heterocycles. The van der Waals surface area contributed by atoms with Gasteiger partial charge in [-0.05, 0) is 24.5 Å². The Kier molecular flexibility index (Phi) is 3.15. The van der Waals surface area contributed by atoms with E-state index >= 15 is 0 Å². The van der Waals surface area contributed by atoms with Gasteiger partial charge in [-0.2, -0.15) is 0 Å². The van der Waals surface area contributed by atoms with Crippen LogP contribution in [0.2, 0.25) is 5.02 Å². The molecule has 0 aliphatic heterocycles. The van der Waals surface area contributed by atoms with Crippen molar-refractivity contribution in [3.63, 3.8) is 0 Å². The molecule has 0 spiro atoms. The van der Waals surface area contributed by atoms with E-state index in [4.69, 9.17) is 17.3 Å². The fourth-order valence-electron chi connectivity index (χ4n) is 1.66. The summed E-state index contributed by atoms with van der Waals surface area (Å²) in [5, 5.41) is 0.817. The van der Waals surface area contributed by atoms with Gasteiger partial charge in [-0.1, -0.05) is 29.8 Å². The number of aromatic nitrogens is 2. The third-order valence-electron chi connectivity index (χ3n) is 2.73. The van der Waals surface area contributed by atoms with E-state index in [9.17, 15) is 0 Å². The molecular formula is C12H14ClN3. The molecule has 0 atom stereocenters. The number of nitrogens with zero attached hydrogens (tertiary/aromatic N) is 2. The van der Waals surface area contributed by atoms with Crippen molar-refractivity contribution in [1.29, 1.82) is 0 Å². The van der Waals surface area contributed by atoms with E-state index < -0.39 is 0 Å². The average Bonchev–Trinajstić information content (AvgIpc) is 2.59. The molecule has 2 rings (SSSR count). The standard InChI is InChI=1S/C12H14ClN3/c1-16-10(8-15-12(16)14)7-6-9-4-2-3-5-11(9)13/h2-5,8H,6-7H2,1H3,(H2,14,15). The minimum Gasteiger partial charge on any atom is -0.369 e. The van der Waals surface area contributed by atoms with Gasteiger partial charge in [0.25, 0.3) is 0 Å². The summed E-state index contributed by atoms with van der Waals surface area (Å²) in [6.45, 7) is 0. The van der Waals surface area contributed by atoms with E-state index in [-0.39, 0.29) is 0 Å². The largest absolute Gasteiger partial charge is 0.369 e. The van der Waals surface area contributed by atoms with E-state index in [2.05, 4.69) is 4.98 Å². The molecule has 4 heteroatoms. The number of hydrogen-bond acceptors (Lipinski definition) is 2. The van der Waals surface area contributed by atoms with Crippen LogP contribution < -0.4 is 5.73 Å². The SMILES string of the molecule is Cn1c(CCc2ccccc2Cl)cnc1N. The molecule has 0 fully saturated rings. The fourth-order valence-corrected chi connectivity index (χ4v) is 1.89. The molecule has 0 amide bonds. The van der Waals surface area contributed by atoms with E-state index in [0.717, 1.165) is 29.1 Å². The van der Waals surface area contributed by atoms with Gasteiger partial charge in [-0.3, -0.25) is 0 Å². The van der Waals surface area contributed by atoms with Crippen LogP contribution in [0.15, 0.2) is 30.5 Å². The predicted octanol–water partition coefficient (Wildman–Crippen LogP) is 2.44. The normalized spacial score (nSPS) is 10.6. The third-order valence-corrected chi connectivity index (χ3v) is 3.10. The van der Waals surface area contributed by atoms with Gasteiger partial charge >= 0.3 is 0 Å². The maximum absolute atomic E-state index is 6.09. The van der Waals surface area contributed by atoms with Crippen LogP contribution in [0, 0.1) is 0 Å². The van der Waals surface area contributed by atoms with Gasteiger partial charge in [-0.25, -0.2) is 4.98 Å². The number of nitrogen functional groups attached to an aromatic ring is 1. The van der Waals surface area contributed by atoms with E-state index in [1.54, 1.807) is 0 Å². The predicted molar refractivity (Wildman–Crippen MR) is 66.5 cm³/mol. The maximum atomic E-state index is 6.09. The summed E-state index contributed by atoms with van der Waals surface area (Å²) in [6.07, 6.45) is 3.61. The Morgan fingerprint density at radius 2 is 2.06 bits per heavy atom. The number of hydrogen-bond donors (Lipinski definition) is 1. The molecule has 1 aromatic carbocycles. The van der Waals surface area contributed by atoms with Crippen LogP contribution in [0.3, 0.4) is 0 Å². The third kappa shape index (κ3) is 2.19. The first-order valence-corrected chi connectivity index (χ1v) is 5.55. The quantitative estimate of drug-likeness (QED) is 0.888. The number of imidazole rings is 1. The molecule has 0 saturated carbocycles. The zero-order valence-corrected chi connectivity index (χ0v) is 9.91. The first-order valence-electron chi connectivity index (χ1n) is 5.18. The zero-order chi connectivity index (χ0) is 11.5. The van der Waals surface area contributed by atoms with Crippen molar-refractivity contribution in [2.24, 2.45) is 7.05 Å². The number of benzene rings is 1. The molecular weight excluding hydrogens is 222 g/mol. The lowest BCUT2D eigenvalue weighted by atomic mass is 10.1. The minimum atomic E-state index is 0.550. The highest BCUT2D eigenvalue weighted by molar-refractivity contribution is 6.31. The Bertz CT molecular complexity index is 491. The van der Waals surface area contributed by atoms with Crippen molar-refractivity contribution in [1.82, 2.24) is 9.55 Å². The fraction of sp³-hybridized carbons (Fsp3) is 0.250. The molecule has 2 N–H and O–H groups in total. The number of anilines is 1.